The molecule has 0 saturated carbocycles. The van der Waals surface area contributed by atoms with E-state index in [1.54, 1.807) is 0 Å². The van der Waals surface area contributed by atoms with E-state index in [1.807, 2.05) is 0 Å². The van der Waals surface area contributed by atoms with Crippen LogP contribution >= 0.6 is 0 Å². The molecule has 90 valence electrons. The normalized spacial score (nSPS) is 39.8. The SMILES string of the molecule is O=C1NCC2C1CCCN2CC1CCCN1. The first-order valence-electron chi connectivity index (χ1n) is 6.60. The molecular formula is C12H21N3O. The number of carbonyl (C=O) groups excluding carboxylic acids is 1. The molecule has 3 atom stereocenters. The molecule has 4 nitrogen and oxygen atoms in total. The first-order chi connectivity index (χ1) is 7.84. The van der Waals surface area contributed by atoms with Gasteiger partial charge in [-0.2, -0.15) is 0 Å². The van der Waals surface area contributed by atoms with Crippen LogP contribution in [0.4, 0.5) is 0 Å². The molecule has 3 unspecified atom stereocenters. The van der Waals surface area contributed by atoms with Crippen molar-refractivity contribution in [3.63, 3.8) is 0 Å². The average molecular weight is 223 g/mol. The summed E-state index contributed by atoms with van der Waals surface area (Å²) in [4.78, 5) is 14.2. The van der Waals surface area contributed by atoms with Gasteiger partial charge in [-0.3, -0.25) is 9.69 Å². The van der Waals surface area contributed by atoms with Crippen molar-refractivity contribution in [2.75, 3.05) is 26.2 Å². The molecule has 0 spiro atoms. The maximum atomic E-state index is 11.6. The molecule has 3 aliphatic rings. The lowest BCUT2D eigenvalue weighted by molar-refractivity contribution is -0.124. The molecule has 0 aliphatic carbocycles. The molecule has 0 aromatic rings. The minimum absolute atomic E-state index is 0.273. The van der Waals surface area contributed by atoms with Gasteiger partial charge in [-0.1, -0.05) is 0 Å². The molecule has 0 aromatic heterocycles. The standard InChI is InChI=1S/C12H21N3O/c16-12-10-4-2-6-15(11(10)7-14-12)8-9-3-1-5-13-9/h9-11,13H,1-8H2,(H,14,16). The molecule has 1 amide bonds. The van der Waals surface area contributed by atoms with Crippen molar-refractivity contribution in [3.8, 4) is 0 Å². The second kappa shape index (κ2) is 4.34. The Bertz CT molecular complexity index is 275. The molecule has 3 aliphatic heterocycles. The van der Waals surface area contributed by atoms with Crippen LogP contribution in [0.2, 0.25) is 0 Å². The molecule has 3 heterocycles. The summed E-state index contributed by atoms with van der Waals surface area (Å²) in [6.45, 7) is 4.35. The highest BCUT2D eigenvalue weighted by Gasteiger charge is 2.41. The Labute approximate surface area is 96.8 Å². The summed E-state index contributed by atoms with van der Waals surface area (Å²) in [6, 6.07) is 1.14. The van der Waals surface area contributed by atoms with Crippen LogP contribution < -0.4 is 10.6 Å². The van der Waals surface area contributed by atoms with E-state index in [2.05, 4.69) is 15.5 Å². The molecule has 0 aromatic carbocycles. The van der Waals surface area contributed by atoms with Crippen molar-refractivity contribution in [2.24, 2.45) is 5.92 Å². The van der Waals surface area contributed by atoms with Crippen LogP contribution in [-0.2, 0) is 4.79 Å². The lowest BCUT2D eigenvalue weighted by atomic mass is 9.91. The molecule has 3 rings (SSSR count). The van der Waals surface area contributed by atoms with Gasteiger partial charge in [0.2, 0.25) is 5.91 Å². The number of amides is 1. The maximum absolute atomic E-state index is 11.6. The number of fused-ring (bicyclic) bond motifs is 1. The van der Waals surface area contributed by atoms with E-state index in [-0.39, 0.29) is 11.8 Å². The Morgan fingerprint density at radius 1 is 1.31 bits per heavy atom. The fourth-order valence-corrected chi connectivity index (χ4v) is 3.46. The van der Waals surface area contributed by atoms with Gasteiger partial charge in [-0.15, -0.1) is 0 Å². The van der Waals surface area contributed by atoms with E-state index in [1.165, 1.54) is 32.4 Å². The minimum atomic E-state index is 0.273. The Balaban J connectivity index is 1.63. The van der Waals surface area contributed by atoms with E-state index >= 15 is 0 Å². The first-order valence-corrected chi connectivity index (χ1v) is 6.60. The second-order valence-corrected chi connectivity index (χ2v) is 5.35. The van der Waals surface area contributed by atoms with Crippen LogP contribution in [0.5, 0.6) is 0 Å². The fraction of sp³-hybridized carbons (Fsp3) is 0.917. The monoisotopic (exact) mass is 223 g/mol. The van der Waals surface area contributed by atoms with Gasteiger partial charge in [0.05, 0.1) is 5.92 Å². The van der Waals surface area contributed by atoms with E-state index in [4.69, 9.17) is 0 Å². The zero-order chi connectivity index (χ0) is 11.0. The number of nitrogens with zero attached hydrogens (tertiary/aromatic N) is 1. The van der Waals surface area contributed by atoms with Crippen molar-refractivity contribution in [3.05, 3.63) is 0 Å². The lowest BCUT2D eigenvalue weighted by Crippen LogP contribution is -2.50. The lowest BCUT2D eigenvalue weighted by Gasteiger charge is -2.37. The van der Waals surface area contributed by atoms with Crippen LogP contribution in [0, 0.1) is 5.92 Å². The average Bonchev–Trinajstić information content (AvgIpc) is 2.90. The van der Waals surface area contributed by atoms with Gasteiger partial charge in [-0.05, 0) is 38.8 Å². The smallest absolute Gasteiger partial charge is 0.224 e. The zero-order valence-electron chi connectivity index (χ0n) is 9.74. The molecule has 0 bridgehead atoms. The Morgan fingerprint density at radius 2 is 2.25 bits per heavy atom. The summed E-state index contributed by atoms with van der Waals surface area (Å²) in [6.07, 6.45) is 4.88. The number of piperidine rings is 1. The number of rotatable bonds is 2. The molecule has 3 fully saturated rings. The number of hydrogen-bond acceptors (Lipinski definition) is 3. The summed E-state index contributed by atoms with van der Waals surface area (Å²) >= 11 is 0. The third kappa shape index (κ3) is 1.84. The second-order valence-electron chi connectivity index (χ2n) is 5.35. The van der Waals surface area contributed by atoms with Crippen molar-refractivity contribution in [1.29, 1.82) is 0 Å². The van der Waals surface area contributed by atoms with Gasteiger partial charge in [0.25, 0.3) is 0 Å². The van der Waals surface area contributed by atoms with Crippen LogP contribution in [0.15, 0.2) is 0 Å². The first kappa shape index (κ1) is 10.5. The van der Waals surface area contributed by atoms with Crippen molar-refractivity contribution < 1.29 is 4.79 Å². The third-order valence-corrected chi connectivity index (χ3v) is 4.33. The predicted molar refractivity (Wildman–Crippen MR) is 62.1 cm³/mol. The quantitative estimate of drug-likeness (QED) is 0.690. The topological polar surface area (TPSA) is 44.4 Å². The number of likely N-dealkylation sites (tertiary alicyclic amines) is 1. The van der Waals surface area contributed by atoms with E-state index < -0.39 is 0 Å². The third-order valence-electron chi connectivity index (χ3n) is 4.33. The predicted octanol–water partition coefficient (Wildman–Crippen LogP) is -0.0512. The summed E-state index contributed by atoms with van der Waals surface area (Å²) in [7, 11) is 0. The Morgan fingerprint density at radius 3 is 3.06 bits per heavy atom. The van der Waals surface area contributed by atoms with Crippen LogP contribution in [0.3, 0.4) is 0 Å². The summed E-state index contributed by atoms with van der Waals surface area (Å²) in [5.41, 5.74) is 0. The van der Waals surface area contributed by atoms with Crippen molar-refractivity contribution >= 4 is 5.91 Å². The van der Waals surface area contributed by atoms with E-state index in [9.17, 15) is 4.79 Å². The summed E-state index contributed by atoms with van der Waals surface area (Å²) in [5.74, 6) is 0.559. The zero-order valence-corrected chi connectivity index (χ0v) is 9.74. The van der Waals surface area contributed by atoms with Gasteiger partial charge in [-0.25, -0.2) is 0 Å². The molecule has 2 N–H and O–H groups in total. The Kier molecular flexibility index (Phi) is 2.86. The highest BCUT2D eigenvalue weighted by Crippen LogP contribution is 2.27. The van der Waals surface area contributed by atoms with E-state index in [0.29, 0.717) is 12.1 Å². The van der Waals surface area contributed by atoms with Gasteiger partial charge < -0.3 is 10.6 Å². The maximum Gasteiger partial charge on any atom is 0.224 e. The van der Waals surface area contributed by atoms with Crippen LogP contribution in [-0.4, -0.2) is 49.1 Å². The Hall–Kier alpha value is -0.610. The minimum Gasteiger partial charge on any atom is -0.354 e. The van der Waals surface area contributed by atoms with Crippen molar-refractivity contribution in [1.82, 2.24) is 15.5 Å². The summed E-state index contributed by atoms with van der Waals surface area (Å²) < 4.78 is 0. The molecular weight excluding hydrogens is 202 g/mol. The van der Waals surface area contributed by atoms with E-state index in [0.717, 1.165) is 19.5 Å². The van der Waals surface area contributed by atoms with Crippen molar-refractivity contribution in [2.45, 2.75) is 37.8 Å². The number of carbonyl (C=O) groups is 1. The van der Waals surface area contributed by atoms with Gasteiger partial charge in [0.1, 0.15) is 0 Å². The number of hydrogen-bond donors (Lipinski definition) is 2. The highest BCUT2D eigenvalue weighted by molar-refractivity contribution is 5.82. The van der Waals surface area contributed by atoms with Gasteiger partial charge in [0, 0.05) is 25.2 Å². The molecule has 4 heteroatoms. The van der Waals surface area contributed by atoms with Gasteiger partial charge in [0.15, 0.2) is 0 Å². The van der Waals surface area contributed by atoms with Crippen LogP contribution in [0.1, 0.15) is 25.7 Å². The highest BCUT2D eigenvalue weighted by atomic mass is 16.2. The fourth-order valence-electron chi connectivity index (χ4n) is 3.46. The summed E-state index contributed by atoms with van der Waals surface area (Å²) in [5, 5.41) is 6.56. The molecule has 3 saturated heterocycles. The molecule has 0 radical (unpaired) electrons. The number of nitrogens with one attached hydrogen (secondary N) is 2. The molecule has 16 heavy (non-hydrogen) atoms. The van der Waals surface area contributed by atoms with Crippen LogP contribution in [0.25, 0.3) is 0 Å². The largest absolute Gasteiger partial charge is 0.354 e. The van der Waals surface area contributed by atoms with Gasteiger partial charge >= 0.3 is 0 Å².